The average Bonchev–Trinajstić information content (AvgIpc) is 2.39. The monoisotopic (exact) mass is 268 g/mol. The van der Waals surface area contributed by atoms with Crippen LogP contribution in [0.25, 0.3) is 0 Å². The van der Waals surface area contributed by atoms with Gasteiger partial charge in [0.15, 0.2) is 0 Å². The summed E-state index contributed by atoms with van der Waals surface area (Å²) in [5.41, 5.74) is 1.15. The van der Waals surface area contributed by atoms with E-state index in [2.05, 4.69) is 17.0 Å². The molecule has 100 valence electrons. The molecule has 0 unspecified atom stereocenters. The van der Waals surface area contributed by atoms with Crippen LogP contribution in [-0.2, 0) is 16.4 Å². The third-order valence-corrected chi connectivity index (χ3v) is 4.80. The van der Waals surface area contributed by atoms with Crippen LogP contribution in [0, 0.1) is 0 Å². The van der Waals surface area contributed by atoms with Crippen LogP contribution in [0.15, 0.2) is 29.2 Å². The Balaban J connectivity index is 2.08. The van der Waals surface area contributed by atoms with Crippen LogP contribution in [0.4, 0.5) is 0 Å². The third kappa shape index (κ3) is 3.31. The lowest BCUT2D eigenvalue weighted by atomic mass is 10.1. The quantitative estimate of drug-likeness (QED) is 0.865. The number of rotatable bonds is 4. The summed E-state index contributed by atoms with van der Waals surface area (Å²) in [6, 6.07) is 7.10. The van der Waals surface area contributed by atoms with Gasteiger partial charge in [-0.25, -0.2) is 13.1 Å². The van der Waals surface area contributed by atoms with E-state index in [1.807, 2.05) is 12.1 Å². The fourth-order valence-electron chi connectivity index (χ4n) is 2.14. The van der Waals surface area contributed by atoms with Crippen LogP contribution < -0.4 is 10.0 Å². The van der Waals surface area contributed by atoms with Gasteiger partial charge in [-0.1, -0.05) is 19.1 Å². The molecule has 5 heteroatoms. The number of piperidine rings is 1. The Hall–Kier alpha value is -0.910. The first kappa shape index (κ1) is 13.5. The van der Waals surface area contributed by atoms with Gasteiger partial charge < -0.3 is 5.32 Å². The van der Waals surface area contributed by atoms with Crippen LogP contribution in [0.5, 0.6) is 0 Å². The van der Waals surface area contributed by atoms with Gasteiger partial charge in [0.2, 0.25) is 10.0 Å². The van der Waals surface area contributed by atoms with Crippen molar-refractivity contribution in [3.63, 3.8) is 0 Å². The van der Waals surface area contributed by atoms with Crippen molar-refractivity contribution >= 4 is 10.0 Å². The van der Waals surface area contributed by atoms with Crippen molar-refractivity contribution in [1.29, 1.82) is 0 Å². The summed E-state index contributed by atoms with van der Waals surface area (Å²) in [5.74, 6) is 0. The van der Waals surface area contributed by atoms with E-state index in [0.29, 0.717) is 11.4 Å². The molecule has 1 fully saturated rings. The van der Waals surface area contributed by atoms with Gasteiger partial charge in [0.25, 0.3) is 0 Å². The molecule has 1 aliphatic rings. The van der Waals surface area contributed by atoms with Crippen molar-refractivity contribution in [3.05, 3.63) is 29.8 Å². The summed E-state index contributed by atoms with van der Waals surface area (Å²) in [6.07, 6.45) is 2.83. The summed E-state index contributed by atoms with van der Waals surface area (Å²) in [6.45, 7) is 3.74. The van der Waals surface area contributed by atoms with Crippen LogP contribution in [-0.4, -0.2) is 27.5 Å². The Labute approximate surface area is 109 Å². The maximum Gasteiger partial charge on any atom is 0.240 e. The molecule has 1 saturated heterocycles. The minimum absolute atomic E-state index is 0.00889. The van der Waals surface area contributed by atoms with Gasteiger partial charge in [-0.3, -0.25) is 0 Å². The van der Waals surface area contributed by atoms with E-state index in [-0.39, 0.29) is 6.04 Å². The lowest BCUT2D eigenvalue weighted by molar-refractivity contribution is 0.428. The molecule has 1 aliphatic heterocycles. The number of nitrogens with one attached hydrogen (secondary N) is 2. The van der Waals surface area contributed by atoms with E-state index in [1.165, 1.54) is 0 Å². The highest BCUT2D eigenvalue weighted by Gasteiger charge is 2.21. The fraction of sp³-hybridized carbons (Fsp3) is 0.538. The van der Waals surface area contributed by atoms with Crippen LogP contribution in [0.3, 0.4) is 0 Å². The molecule has 0 bridgehead atoms. The van der Waals surface area contributed by atoms with Gasteiger partial charge >= 0.3 is 0 Å². The zero-order valence-corrected chi connectivity index (χ0v) is 11.5. The van der Waals surface area contributed by atoms with Crippen molar-refractivity contribution in [2.75, 3.05) is 13.1 Å². The smallest absolute Gasteiger partial charge is 0.240 e. The Bertz CT molecular complexity index is 476. The summed E-state index contributed by atoms with van der Waals surface area (Å²) >= 11 is 0. The molecule has 0 aliphatic carbocycles. The molecule has 1 heterocycles. The van der Waals surface area contributed by atoms with Crippen molar-refractivity contribution < 1.29 is 8.42 Å². The normalized spacial score (nSPS) is 20.8. The molecule has 4 nitrogen and oxygen atoms in total. The van der Waals surface area contributed by atoms with Crippen molar-refractivity contribution in [2.45, 2.75) is 37.1 Å². The summed E-state index contributed by atoms with van der Waals surface area (Å²) < 4.78 is 27.1. The first-order chi connectivity index (χ1) is 8.62. The number of hydrogen-bond acceptors (Lipinski definition) is 3. The molecule has 1 atom stereocenters. The standard InChI is InChI=1S/C13H20N2O2S/c1-2-11-5-7-13(8-6-11)18(16,17)15-12-4-3-9-14-10-12/h5-8,12,14-15H,2-4,9-10H2,1H3/t12-/m0/s1. The predicted octanol–water partition coefficient (Wildman–Crippen LogP) is 1.28. The van der Waals surface area contributed by atoms with Gasteiger partial charge in [-0.15, -0.1) is 0 Å². The second kappa shape index (κ2) is 5.82. The molecule has 0 amide bonds. The number of aryl methyl sites for hydroxylation is 1. The summed E-state index contributed by atoms with van der Waals surface area (Å²) in [4.78, 5) is 0.352. The fourth-order valence-corrected chi connectivity index (χ4v) is 3.41. The summed E-state index contributed by atoms with van der Waals surface area (Å²) in [7, 11) is -3.37. The van der Waals surface area contributed by atoms with Gasteiger partial charge in [-0.05, 0) is 43.5 Å². The molecular formula is C13H20N2O2S. The lowest BCUT2D eigenvalue weighted by Crippen LogP contribution is -2.45. The summed E-state index contributed by atoms with van der Waals surface area (Å²) in [5, 5.41) is 3.20. The van der Waals surface area contributed by atoms with Gasteiger partial charge in [0, 0.05) is 12.6 Å². The molecule has 2 N–H and O–H groups in total. The molecule has 0 saturated carbocycles. The SMILES string of the molecule is CCc1ccc(S(=O)(=O)N[C@H]2CCCNC2)cc1. The Morgan fingerprint density at radius 1 is 1.33 bits per heavy atom. The second-order valence-electron chi connectivity index (χ2n) is 4.66. The molecule has 0 radical (unpaired) electrons. The minimum Gasteiger partial charge on any atom is -0.315 e. The van der Waals surface area contributed by atoms with Gasteiger partial charge in [0.05, 0.1) is 4.90 Å². The van der Waals surface area contributed by atoms with E-state index >= 15 is 0 Å². The molecule has 0 spiro atoms. The van der Waals surface area contributed by atoms with Crippen LogP contribution in [0.2, 0.25) is 0 Å². The number of benzene rings is 1. The minimum atomic E-state index is -3.37. The van der Waals surface area contributed by atoms with E-state index in [9.17, 15) is 8.42 Å². The van der Waals surface area contributed by atoms with E-state index in [4.69, 9.17) is 0 Å². The van der Waals surface area contributed by atoms with E-state index in [1.54, 1.807) is 12.1 Å². The maximum absolute atomic E-state index is 12.2. The molecule has 2 rings (SSSR count). The first-order valence-corrected chi connectivity index (χ1v) is 7.92. The highest BCUT2D eigenvalue weighted by atomic mass is 32.2. The second-order valence-corrected chi connectivity index (χ2v) is 6.38. The Morgan fingerprint density at radius 3 is 2.61 bits per heavy atom. The zero-order valence-electron chi connectivity index (χ0n) is 10.6. The van der Waals surface area contributed by atoms with Crippen LogP contribution >= 0.6 is 0 Å². The molecular weight excluding hydrogens is 248 g/mol. The number of sulfonamides is 1. The molecule has 18 heavy (non-hydrogen) atoms. The molecule has 0 aromatic heterocycles. The van der Waals surface area contributed by atoms with Gasteiger partial charge in [-0.2, -0.15) is 0 Å². The van der Waals surface area contributed by atoms with Crippen molar-refractivity contribution in [2.24, 2.45) is 0 Å². The largest absolute Gasteiger partial charge is 0.315 e. The predicted molar refractivity (Wildman–Crippen MR) is 72.0 cm³/mol. The topological polar surface area (TPSA) is 58.2 Å². The van der Waals surface area contributed by atoms with Crippen molar-refractivity contribution in [1.82, 2.24) is 10.0 Å². The highest BCUT2D eigenvalue weighted by Crippen LogP contribution is 2.13. The molecule has 1 aromatic rings. The first-order valence-electron chi connectivity index (χ1n) is 6.44. The lowest BCUT2D eigenvalue weighted by Gasteiger charge is -2.23. The van der Waals surface area contributed by atoms with Crippen molar-refractivity contribution in [3.8, 4) is 0 Å². The van der Waals surface area contributed by atoms with E-state index < -0.39 is 10.0 Å². The molecule has 1 aromatic carbocycles. The highest BCUT2D eigenvalue weighted by molar-refractivity contribution is 7.89. The van der Waals surface area contributed by atoms with Gasteiger partial charge in [0.1, 0.15) is 0 Å². The number of hydrogen-bond donors (Lipinski definition) is 2. The van der Waals surface area contributed by atoms with Crippen LogP contribution in [0.1, 0.15) is 25.3 Å². The zero-order chi connectivity index (χ0) is 13.0. The maximum atomic E-state index is 12.2. The Morgan fingerprint density at radius 2 is 2.06 bits per heavy atom. The Kier molecular flexibility index (Phi) is 4.37. The third-order valence-electron chi connectivity index (χ3n) is 3.26. The van der Waals surface area contributed by atoms with E-state index in [0.717, 1.165) is 31.4 Å². The average molecular weight is 268 g/mol.